The summed E-state index contributed by atoms with van der Waals surface area (Å²) >= 11 is 0. The van der Waals surface area contributed by atoms with Crippen LogP contribution in [0.3, 0.4) is 0 Å². The Bertz CT molecular complexity index is 438. The Morgan fingerprint density at radius 1 is 1.17 bits per heavy atom. The van der Waals surface area contributed by atoms with Crippen LogP contribution in [0.2, 0.25) is 0 Å². The van der Waals surface area contributed by atoms with Gasteiger partial charge in [-0.15, -0.1) is 0 Å². The van der Waals surface area contributed by atoms with Crippen molar-refractivity contribution >= 4 is 5.78 Å². The molecule has 23 heavy (non-hydrogen) atoms. The van der Waals surface area contributed by atoms with E-state index in [0.29, 0.717) is 13.0 Å². The van der Waals surface area contributed by atoms with E-state index >= 15 is 0 Å². The van der Waals surface area contributed by atoms with Crippen molar-refractivity contribution in [1.29, 1.82) is 0 Å². The van der Waals surface area contributed by atoms with Gasteiger partial charge in [-0.3, -0.25) is 0 Å². The zero-order valence-electron chi connectivity index (χ0n) is 14.8. The van der Waals surface area contributed by atoms with E-state index in [2.05, 4.69) is 13.8 Å². The van der Waals surface area contributed by atoms with Crippen molar-refractivity contribution in [2.24, 2.45) is 0 Å². The van der Waals surface area contributed by atoms with Gasteiger partial charge in [0.05, 0.1) is 13.1 Å². The number of benzene rings is 1. The van der Waals surface area contributed by atoms with Crippen molar-refractivity contribution in [2.45, 2.75) is 52.6 Å². The predicted molar refractivity (Wildman–Crippen MR) is 93.1 cm³/mol. The Hall–Kier alpha value is -1.39. The average molecular weight is 322 g/mol. The van der Waals surface area contributed by atoms with Gasteiger partial charge in [0.15, 0.2) is 0 Å². The molecule has 0 heterocycles. The SMILES string of the molecule is CCC[NH+](CCC)C[C@@H](O)COc1ccc(CCC(C)=O)cc1. The maximum Gasteiger partial charge on any atom is 0.137 e. The number of quaternary nitrogens is 1. The molecular formula is C19H32NO3+. The number of Topliss-reactive ketones (excluding diaryl/α,β-unsaturated/α-hetero) is 1. The molecule has 1 rings (SSSR count). The number of ketones is 1. The Labute approximate surface area is 140 Å². The maximum absolute atomic E-state index is 11.0. The number of rotatable bonds is 12. The van der Waals surface area contributed by atoms with Crippen LogP contribution in [0.4, 0.5) is 0 Å². The highest BCUT2D eigenvalue weighted by molar-refractivity contribution is 5.75. The molecule has 2 N–H and O–H groups in total. The van der Waals surface area contributed by atoms with Gasteiger partial charge in [-0.05, 0) is 43.9 Å². The van der Waals surface area contributed by atoms with Crippen LogP contribution in [0, 0.1) is 0 Å². The number of carbonyl (C=O) groups is 1. The molecule has 0 aliphatic heterocycles. The minimum atomic E-state index is -0.444. The van der Waals surface area contributed by atoms with Crippen molar-refractivity contribution < 1.29 is 19.5 Å². The molecule has 4 nitrogen and oxygen atoms in total. The molecule has 0 saturated heterocycles. The first kappa shape index (κ1) is 19.7. The summed E-state index contributed by atoms with van der Waals surface area (Å²) in [6.45, 7) is 9.20. The molecule has 0 spiro atoms. The molecule has 0 aromatic heterocycles. The largest absolute Gasteiger partial charge is 0.491 e. The number of aliphatic hydroxyl groups excluding tert-OH is 1. The highest BCUT2D eigenvalue weighted by Gasteiger charge is 2.14. The van der Waals surface area contributed by atoms with Crippen molar-refractivity contribution in [2.75, 3.05) is 26.2 Å². The van der Waals surface area contributed by atoms with Gasteiger partial charge in [-0.2, -0.15) is 0 Å². The number of aryl methyl sites for hydroxylation is 1. The van der Waals surface area contributed by atoms with E-state index in [1.807, 2.05) is 24.3 Å². The third kappa shape index (κ3) is 8.72. The molecule has 0 aliphatic rings. The Kier molecular flexibility index (Phi) is 9.57. The molecule has 0 bridgehead atoms. The smallest absolute Gasteiger partial charge is 0.137 e. The van der Waals surface area contributed by atoms with Crippen molar-refractivity contribution in [3.63, 3.8) is 0 Å². The number of aliphatic hydroxyl groups is 1. The van der Waals surface area contributed by atoms with E-state index in [-0.39, 0.29) is 5.78 Å². The highest BCUT2D eigenvalue weighted by atomic mass is 16.5. The Morgan fingerprint density at radius 2 is 1.78 bits per heavy atom. The second-order valence-corrected chi connectivity index (χ2v) is 6.26. The minimum absolute atomic E-state index is 0.208. The lowest BCUT2D eigenvalue weighted by molar-refractivity contribution is -0.903. The molecule has 1 atom stereocenters. The van der Waals surface area contributed by atoms with Crippen LogP contribution in [0.15, 0.2) is 24.3 Å². The number of nitrogens with one attached hydrogen (secondary N) is 1. The van der Waals surface area contributed by atoms with Crippen LogP contribution in [0.1, 0.15) is 45.6 Å². The minimum Gasteiger partial charge on any atom is -0.491 e. The summed E-state index contributed by atoms with van der Waals surface area (Å²) in [4.78, 5) is 12.4. The maximum atomic E-state index is 11.0. The van der Waals surface area contributed by atoms with Gasteiger partial charge >= 0.3 is 0 Å². The molecule has 1 aromatic carbocycles. The van der Waals surface area contributed by atoms with E-state index < -0.39 is 6.10 Å². The van der Waals surface area contributed by atoms with Crippen molar-refractivity contribution in [3.8, 4) is 5.75 Å². The molecule has 0 radical (unpaired) electrons. The normalized spacial score (nSPS) is 12.4. The number of carbonyl (C=O) groups excluding carboxylic acids is 1. The van der Waals surface area contributed by atoms with Gasteiger partial charge in [0, 0.05) is 6.42 Å². The van der Waals surface area contributed by atoms with E-state index in [4.69, 9.17) is 4.74 Å². The van der Waals surface area contributed by atoms with Crippen molar-refractivity contribution in [1.82, 2.24) is 0 Å². The van der Waals surface area contributed by atoms with E-state index in [9.17, 15) is 9.90 Å². The van der Waals surface area contributed by atoms with Gasteiger partial charge in [0.2, 0.25) is 0 Å². The second kappa shape index (κ2) is 11.2. The average Bonchev–Trinajstić information content (AvgIpc) is 2.52. The van der Waals surface area contributed by atoms with Gasteiger partial charge in [-0.25, -0.2) is 0 Å². The zero-order valence-corrected chi connectivity index (χ0v) is 14.8. The fraction of sp³-hybridized carbons (Fsp3) is 0.632. The van der Waals surface area contributed by atoms with Crippen LogP contribution in [0.25, 0.3) is 0 Å². The number of hydrogen-bond acceptors (Lipinski definition) is 3. The Balaban J connectivity index is 2.37. The lowest BCUT2D eigenvalue weighted by Gasteiger charge is -2.21. The van der Waals surface area contributed by atoms with E-state index in [1.54, 1.807) is 6.92 Å². The van der Waals surface area contributed by atoms with Crippen LogP contribution in [-0.2, 0) is 11.2 Å². The fourth-order valence-corrected chi connectivity index (χ4v) is 2.69. The number of hydrogen-bond donors (Lipinski definition) is 2. The molecular weight excluding hydrogens is 290 g/mol. The third-order valence-electron chi connectivity index (χ3n) is 3.86. The quantitative estimate of drug-likeness (QED) is 0.615. The lowest BCUT2D eigenvalue weighted by Crippen LogP contribution is -3.13. The molecule has 0 fully saturated rings. The van der Waals surface area contributed by atoms with Crippen LogP contribution in [0.5, 0.6) is 5.75 Å². The fourth-order valence-electron chi connectivity index (χ4n) is 2.69. The van der Waals surface area contributed by atoms with Crippen molar-refractivity contribution in [3.05, 3.63) is 29.8 Å². The summed E-state index contributed by atoms with van der Waals surface area (Å²) in [6.07, 6.45) is 3.16. The monoisotopic (exact) mass is 322 g/mol. The first-order valence-electron chi connectivity index (χ1n) is 8.77. The molecule has 0 aliphatic carbocycles. The zero-order chi connectivity index (χ0) is 17.1. The lowest BCUT2D eigenvalue weighted by atomic mass is 10.1. The first-order chi connectivity index (χ1) is 11.0. The Morgan fingerprint density at radius 3 is 2.30 bits per heavy atom. The van der Waals surface area contributed by atoms with E-state index in [0.717, 1.165) is 50.2 Å². The predicted octanol–water partition coefficient (Wildman–Crippen LogP) is 1.65. The summed E-state index contributed by atoms with van der Waals surface area (Å²) in [5.74, 6) is 0.975. The highest BCUT2D eigenvalue weighted by Crippen LogP contribution is 2.13. The van der Waals surface area contributed by atoms with E-state index in [1.165, 1.54) is 4.90 Å². The molecule has 0 saturated carbocycles. The van der Waals surface area contributed by atoms with Gasteiger partial charge in [-0.1, -0.05) is 26.0 Å². The third-order valence-corrected chi connectivity index (χ3v) is 3.86. The summed E-state index contributed by atoms with van der Waals surface area (Å²) < 4.78 is 5.68. The second-order valence-electron chi connectivity index (χ2n) is 6.26. The molecule has 0 amide bonds. The summed E-state index contributed by atoms with van der Waals surface area (Å²) in [5, 5.41) is 10.2. The van der Waals surface area contributed by atoms with Gasteiger partial charge in [0.25, 0.3) is 0 Å². The summed E-state index contributed by atoms with van der Waals surface area (Å²) in [6, 6.07) is 7.78. The molecule has 1 aromatic rings. The molecule has 130 valence electrons. The topological polar surface area (TPSA) is 51.0 Å². The summed E-state index contributed by atoms with van der Waals surface area (Å²) in [7, 11) is 0. The first-order valence-corrected chi connectivity index (χ1v) is 8.77. The van der Waals surface area contributed by atoms with Gasteiger partial charge in [0.1, 0.15) is 30.8 Å². The van der Waals surface area contributed by atoms with Crippen LogP contribution >= 0.6 is 0 Å². The van der Waals surface area contributed by atoms with Crippen LogP contribution in [-0.4, -0.2) is 43.2 Å². The molecule has 0 unspecified atom stereocenters. The van der Waals surface area contributed by atoms with Gasteiger partial charge < -0.3 is 19.5 Å². The van der Waals surface area contributed by atoms with Crippen LogP contribution < -0.4 is 9.64 Å². The standard InChI is InChI=1S/C19H31NO3/c1-4-12-20(13-5-2)14-18(22)15-23-19-10-8-17(9-11-19)7-6-16(3)21/h8-11,18,22H,4-7,12-15H2,1-3H3/p+1/t18-/m1/s1. The number of ether oxygens (including phenoxy) is 1. The molecule has 4 heteroatoms. The summed E-state index contributed by atoms with van der Waals surface area (Å²) in [5.41, 5.74) is 1.13.